The van der Waals surface area contributed by atoms with Crippen LogP contribution in [0.15, 0.2) is 47.1 Å². The number of nitrogen functional groups attached to an aromatic ring is 1. The van der Waals surface area contributed by atoms with Gasteiger partial charge in [-0.3, -0.25) is 0 Å². The molecule has 8 heteroatoms. The maximum absolute atomic E-state index is 12.5. The molecule has 0 saturated carbocycles. The van der Waals surface area contributed by atoms with Crippen LogP contribution in [0.5, 0.6) is 0 Å². The molecule has 0 amide bonds. The smallest absolute Gasteiger partial charge is 0.384 e. The number of hydrogen-bond donors (Lipinski definition) is 1. The third kappa shape index (κ3) is 3.47. The van der Waals surface area contributed by atoms with Gasteiger partial charge in [0.25, 0.3) is 0 Å². The van der Waals surface area contributed by atoms with Crippen LogP contribution >= 0.6 is 0 Å². The van der Waals surface area contributed by atoms with E-state index in [0.717, 1.165) is 17.7 Å². The van der Waals surface area contributed by atoms with E-state index in [9.17, 15) is 13.2 Å². The molecule has 23 heavy (non-hydrogen) atoms. The number of hydrogen-bond acceptors (Lipinski definition) is 5. The maximum atomic E-state index is 12.5. The molecular formula is C15H11F3N4O. The Hall–Kier alpha value is -2.90. The highest BCUT2D eigenvalue weighted by atomic mass is 19.4. The van der Waals surface area contributed by atoms with Crippen LogP contribution < -0.4 is 5.73 Å². The van der Waals surface area contributed by atoms with Gasteiger partial charge in [-0.2, -0.15) is 18.2 Å². The highest BCUT2D eigenvalue weighted by molar-refractivity contribution is 5.55. The fraction of sp³-hybridized carbons (Fsp3) is 0.133. The molecule has 3 rings (SSSR count). The Labute approximate surface area is 129 Å². The molecule has 1 aromatic carbocycles. The number of nitrogens with two attached hydrogens (primary N) is 1. The highest BCUT2D eigenvalue weighted by Gasteiger charge is 2.30. The van der Waals surface area contributed by atoms with Crippen molar-refractivity contribution in [3.63, 3.8) is 0 Å². The lowest BCUT2D eigenvalue weighted by Crippen LogP contribution is -2.04. The Morgan fingerprint density at radius 1 is 1.09 bits per heavy atom. The van der Waals surface area contributed by atoms with Crippen molar-refractivity contribution in [3.8, 4) is 11.4 Å². The van der Waals surface area contributed by atoms with Crippen LogP contribution in [-0.4, -0.2) is 15.1 Å². The van der Waals surface area contributed by atoms with E-state index in [1.54, 1.807) is 18.3 Å². The van der Waals surface area contributed by atoms with Gasteiger partial charge in [0.1, 0.15) is 5.82 Å². The summed E-state index contributed by atoms with van der Waals surface area (Å²) in [4.78, 5) is 8.06. The summed E-state index contributed by atoms with van der Waals surface area (Å²) >= 11 is 0. The summed E-state index contributed by atoms with van der Waals surface area (Å²) in [7, 11) is 0. The predicted octanol–water partition coefficient (Wildman–Crippen LogP) is 3.32. The molecule has 0 saturated heterocycles. The zero-order valence-electron chi connectivity index (χ0n) is 11.7. The maximum Gasteiger partial charge on any atom is 0.416 e. The van der Waals surface area contributed by atoms with Gasteiger partial charge < -0.3 is 10.3 Å². The number of nitrogens with zero attached hydrogens (tertiary/aromatic N) is 3. The average Bonchev–Trinajstić information content (AvgIpc) is 2.95. The summed E-state index contributed by atoms with van der Waals surface area (Å²) < 4.78 is 42.7. The number of benzene rings is 1. The van der Waals surface area contributed by atoms with E-state index in [4.69, 9.17) is 10.3 Å². The van der Waals surface area contributed by atoms with Gasteiger partial charge >= 0.3 is 6.18 Å². The molecular weight excluding hydrogens is 309 g/mol. The molecule has 0 aliphatic heterocycles. The second kappa shape index (κ2) is 5.71. The fourth-order valence-corrected chi connectivity index (χ4v) is 2.03. The molecule has 0 bridgehead atoms. The van der Waals surface area contributed by atoms with Gasteiger partial charge in [-0.05, 0) is 29.8 Å². The Bertz CT molecular complexity index is 812. The standard InChI is InChI=1S/C15H11F3N4O/c16-15(17,18)11-3-1-10(2-4-11)14-21-13(23-22-14)8-9-5-6-20-12(19)7-9/h1-7H,8H2,(H2,19,20). The number of alkyl halides is 3. The molecule has 0 radical (unpaired) electrons. The van der Waals surface area contributed by atoms with Gasteiger partial charge in [0.2, 0.25) is 11.7 Å². The van der Waals surface area contributed by atoms with E-state index in [-0.39, 0.29) is 5.82 Å². The van der Waals surface area contributed by atoms with Crippen molar-refractivity contribution in [1.82, 2.24) is 15.1 Å². The Kier molecular flexibility index (Phi) is 3.73. The van der Waals surface area contributed by atoms with Gasteiger partial charge in [-0.1, -0.05) is 17.3 Å². The first kappa shape index (κ1) is 15.0. The van der Waals surface area contributed by atoms with Crippen molar-refractivity contribution >= 4 is 5.82 Å². The molecule has 0 aliphatic carbocycles. The normalized spacial score (nSPS) is 11.6. The first-order valence-electron chi connectivity index (χ1n) is 6.62. The third-order valence-corrected chi connectivity index (χ3v) is 3.14. The van der Waals surface area contributed by atoms with E-state index < -0.39 is 11.7 Å². The quantitative estimate of drug-likeness (QED) is 0.801. The van der Waals surface area contributed by atoms with Crippen molar-refractivity contribution < 1.29 is 17.7 Å². The van der Waals surface area contributed by atoms with Crippen molar-refractivity contribution in [2.75, 3.05) is 5.73 Å². The summed E-state index contributed by atoms with van der Waals surface area (Å²) in [5, 5.41) is 3.78. The van der Waals surface area contributed by atoms with E-state index in [2.05, 4.69) is 15.1 Å². The van der Waals surface area contributed by atoms with Crippen LogP contribution in [0.4, 0.5) is 19.0 Å². The fourth-order valence-electron chi connectivity index (χ4n) is 2.03. The molecule has 0 aliphatic rings. The molecule has 2 heterocycles. The lowest BCUT2D eigenvalue weighted by atomic mass is 10.1. The molecule has 0 spiro atoms. The van der Waals surface area contributed by atoms with Crippen molar-refractivity contribution in [3.05, 3.63) is 59.6 Å². The topological polar surface area (TPSA) is 77.8 Å². The summed E-state index contributed by atoms with van der Waals surface area (Å²) in [6.45, 7) is 0. The van der Waals surface area contributed by atoms with Crippen LogP contribution in [0.1, 0.15) is 17.0 Å². The first-order chi connectivity index (χ1) is 10.9. The molecule has 2 aromatic heterocycles. The van der Waals surface area contributed by atoms with E-state index >= 15 is 0 Å². The lowest BCUT2D eigenvalue weighted by Gasteiger charge is -2.05. The first-order valence-corrected chi connectivity index (χ1v) is 6.62. The minimum Gasteiger partial charge on any atom is -0.384 e. The van der Waals surface area contributed by atoms with Gasteiger partial charge in [-0.25, -0.2) is 4.98 Å². The second-order valence-corrected chi connectivity index (χ2v) is 4.85. The number of pyridine rings is 1. The SMILES string of the molecule is Nc1cc(Cc2nc(-c3ccc(C(F)(F)F)cc3)no2)ccn1. The molecule has 118 valence electrons. The minimum absolute atomic E-state index is 0.232. The van der Waals surface area contributed by atoms with E-state index in [1.165, 1.54) is 12.1 Å². The van der Waals surface area contributed by atoms with Gasteiger partial charge in [0.05, 0.1) is 12.0 Å². The minimum atomic E-state index is -4.37. The van der Waals surface area contributed by atoms with Crippen LogP contribution in [0.25, 0.3) is 11.4 Å². The van der Waals surface area contributed by atoms with Crippen molar-refractivity contribution in [2.45, 2.75) is 12.6 Å². The summed E-state index contributed by atoms with van der Waals surface area (Å²) in [6, 6.07) is 8.02. The monoisotopic (exact) mass is 320 g/mol. The Morgan fingerprint density at radius 3 is 2.48 bits per heavy atom. The zero-order chi connectivity index (χ0) is 16.4. The molecule has 5 nitrogen and oxygen atoms in total. The van der Waals surface area contributed by atoms with Gasteiger partial charge in [-0.15, -0.1) is 0 Å². The number of aromatic nitrogens is 3. The van der Waals surface area contributed by atoms with Crippen molar-refractivity contribution in [1.29, 1.82) is 0 Å². The molecule has 0 unspecified atom stereocenters. The number of anilines is 1. The van der Waals surface area contributed by atoms with Crippen LogP contribution in [0.3, 0.4) is 0 Å². The predicted molar refractivity (Wildman–Crippen MR) is 76.2 cm³/mol. The van der Waals surface area contributed by atoms with Gasteiger partial charge in [0.15, 0.2) is 0 Å². The number of rotatable bonds is 3. The zero-order valence-corrected chi connectivity index (χ0v) is 11.7. The Balaban J connectivity index is 1.79. The highest BCUT2D eigenvalue weighted by Crippen LogP contribution is 2.30. The van der Waals surface area contributed by atoms with Gasteiger partial charge in [0, 0.05) is 11.8 Å². The average molecular weight is 320 g/mol. The van der Waals surface area contributed by atoms with E-state index in [0.29, 0.717) is 23.7 Å². The van der Waals surface area contributed by atoms with E-state index in [1.807, 2.05) is 0 Å². The summed E-state index contributed by atoms with van der Waals surface area (Å²) in [5.41, 5.74) is 6.16. The lowest BCUT2D eigenvalue weighted by molar-refractivity contribution is -0.137. The number of halogens is 3. The Morgan fingerprint density at radius 2 is 1.83 bits per heavy atom. The molecule has 0 fully saturated rings. The third-order valence-electron chi connectivity index (χ3n) is 3.14. The summed E-state index contributed by atoms with van der Waals surface area (Å²) in [6.07, 6.45) is -2.44. The van der Waals surface area contributed by atoms with Crippen LogP contribution in [0.2, 0.25) is 0 Å². The summed E-state index contributed by atoms with van der Waals surface area (Å²) in [5.74, 6) is 0.950. The van der Waals surface area contributed by atoms with Crippen LogP contribution in [0, 0.1) is 0 Å². The largest absolute Gasteiger partial charge is 0.416 e. The molecule has 2 N–H and O–H groups in total. The molecule has 0 atom stereocenters. The molecule has 3 aromatic rings. The van der Waals surface area contributed by atoms with Crippen LogP contribution in [-0.2, 0) is 12.6 Å². The van der Waals surface area contributed by atoms with Crippen molar-refractivity contribution in [2.24, 2.45) is 0 Å². The second-order valence-electron chi connectivity index (χ2n) is 4.85.